The smallest absolute Gasteiger partial charge is 0.416 e. The normalized spacial score (nSPS) is 21.1. The summed E-state index contributed by atoms with van der Waals surface area (Å²) in [5.74, 6) is -0.0320. The quantitative estimate of drug-likeness (QED) is 0.392. The lowest BCUT2D eigenvalue weighted by Crippen LogP contribution is -2.48. The fourth-order valence-electron chi connectivity index (χ4n) is 5.30. The van der Waals surface area contributed by atoms with E-state index in [2.05, 4.69) is 20.2 Å². The van der Waals surface area contributed by atoms with Gasteiger partial charge in [-0.3, -0.25) is 4.90 Å². The summed E-state index contributed by atoms with van der Waals surface area (Å²) in [6.45, 7) is 5.57. The molecule has 0 saturated carbocycles. The molecule has 0 spiro atoms. The molecule has 2 atom stereocenters. The first-order valence-electron chi connectivity index (χ1n) is 13.1. The topological polar surface area (TPSA) is 89.1 Å². The van der Waals surface area contributed by atoms with Crippen LogP contribution in [0.25, 0.3) is 11.3 Å². The van der Waals surface area contributed by atoms with Crippen molar-refractivity contribution in [2.24, 2.45) is 0 Å². The lowest BCUT2D eigenvalue weighted by Gasteiger charge is -2.36. The number of halogens is 4. The number of benzene rings is 1. The Bertz CT molecular complexity index is 1490. The minimum Gasteiger partial charge on any atom is -0.475 e. The van der Waals surface area contributed by atoms with Gasteiger partial charge in [0.25, 0.3) is 0 Å². The van der Waals surface area contributed by atoms with Crippen LogP contribution in [0.15, 0.2) is 48.7 Å². The fourth-order valence-corrected chi connectivity index (χ4v) is 5.56. The van der Waals surface area contributed by atoms with Gasteiger partial charge in [0, 0.05) is 36.6 Å². The third-order valence-electron chi connectivity index (χ3n) is 7.19. The number of carbonyl (C=O) groups is 1. The van der Waals surface area contributed by atoms with Gasteiger partial charge in [-0.2, -0.15) is 13.2 Å². The standard InChI is InChI=1S/C28H27ClF3N5O4/c1-27(2)40-15-20(41-27)14-39-23-11-18(6-8-33-23)34-26(38)37-19-7-9-36(13-19)22-12-21(29)24(35-25(22)37)16-4-3-5-17(10-16)28(30,31)32/h3-6,8,10-12,19-20H,7,9,13-15H2,1-2H3,(H,33,34,38)/t19-,20-/m0/s1. The summed E-state index contributed by atoms with van der Waals surface area (Å²) >= 11 is 6.54. The highest BCUT2D eigenvalue weighted by Gasteiger charge is 2.41. The van der Waals surface area contributed by atoms with Gasteiger partial charge < -0.3 is 24.4 Å². The van der Waals surface area contributed by atoms with E-state index in [9.17, 15) is 18.0 Å². The molecule has 3 aliphatic heterocycles. The second kappa shape index (κ2) is 10.3. The maximum absolute atomic E-state index is 13.7. The SMILES string of the molecule is CC1(C)OC[C@H](COc2cc(NC(=O)N3c4nc(-c5cccc(C(F)(F)F)c5)c(Cl)cc4N4CC[C@H]3C4)ccn2)O1. The second-order valence-electron chi connectivity index (χ2n) is 10.6. The van der Waals surface area contributed by atoms with E-state index < -0.39 is 23.6 Å². The van der Waals surface area contributed by atoms with Crippen molar-refractivity contribution in [1.29, 1.82) is 0 Å². The molecule has 9 nitrogen and oxygen atoms in total. The number of fused-ring (bicyclic) bond motifs is 4. The third-order valence-corrected chi connectivity index (χ3v) is 7.47. The van der Waals surface area contributed by atoms with Gasteiger partial charge in [-0.15, -0.1) is 0 Å². The van der Waals surface area contributed by atoms with Gasteiger partial charge in [-0.1, -0.05) is 23.7 Å². The number of pyridine rings is 2. The Morgan fingerprint density at radius 2 is 2.07 bits per heavy atom. The minimum absolute atomic E-state index is 0.165. The van der Waals surface area contributed by atoms with Gasteiger partial charge in [0.05, 0.1) is 34.6 Å². The Labute approximate surface area is 239 Å². The number of ether oxygens (including phenoxy) is 3. The molecule has 6 rings (SSSR count). The van der Waals surface area contributed by atoms with E-state index >= 15 is 0 Å². The summed E-state index contributed by atoms with van der Waals surface area (Å²) in [6.07, 6.45) is -2.55. The number of nitrogens with one attached hydrogen (secondary N) is 1. The number of alkyl halides is 3. The molecule has 2 bridgehead atoms. The number of rotatable bonds is 5. The molecular formula is C28H27ClF3N5O4. The molecule has 13 heteroatoms. The van der Waals surface area contributed by atoms with Crippen LogP contribution >= 0.6 is 11.6 Å². The van der Waals surface area contributed by atoms with Crippen LogP contribution in [0.4, 0.5) is 35.2 Å². The summed E-state index contributed by atoms with van der Waals surface area (Å²) in [5, 5.41) is 3.09. The Morgan fingerprint density at radius 3 is 2.83 bits per heavy atom. The van der Waals surface area contributed by atoms with Crippen molar-refractivity contribution < 1.29 is 32.2 Å². The number of anilines is 3. The zero-order chi connectivity index (χ0) is 28.9. The lowest BCUT2D eigenvalue weighted by molar-refractivity contribution is -0.141. The number of carbonyl (C=O) groups excluding carboxylic acids is 1. The lowest BCUT2D eigenvalue weighted by atomic mass is 10.1. The summed E-state index contributed by atoms with van der Waals surface area (Å²) in [6, 6.07) is 9.11. The zero-order valence-electron chi connectivity index (χ0n) is 22.2. The molecule has 2 saturated heterocycles. The number of nitrogens with zero attached hydrogens (tertiary/aromatic N) is 4. The number of amides is 2. The molecule has 2 aromatic heterocycles. The summed E-state index contributed by atoms with van der Waals surface area (Å²) in [7, 11) is 0. The molecule has 41 heavy (non-hydrogen) atoms. The van der Waals surface area contributed by atoms with Crippen molar-refractivity contribution in [1.82, 2.24) is 9.97 Å². The number of hydrogen-bond acceptors (Lipinski definition) is 7. The first-order valence-corrected chi connectivity index (χ1v) is 13.5. The Balaban J connectivity index is 1.25. The molecule has 3 aromatic rings. The van der Waals surface area contributed by atoms with Crippen LogP contribution in [0.5, 0.6) is 5.88 Å². The molecule has 0 unspecified atom stereocenters. The van der Waals surface area contributed by atoms with Crippen molar-refractivity contribution in [2.75, 3.05) is 41.4 Å². The third kappa shape index (κ3) is 5.64. The van der Waals surface area contributed by atoms with Crippen LogP contribution in [0.3, 0.4) is 0 Å². The monoisotopic (exact) mass is 589 g/mol. The van der Waals surface area contributed by atoms with Crippen LogP contribution in [0, 0.1) is 0 Å². The molecule has 1 N–H and O–H groups in total. The molecule has 0 aliphatic carbocycles. The van der Waals surface area contributed by atoms with Crippen LogP contribution in [0.2, 0.25) is 5.02 Å². The van der Waals surface area contributed by atoms with Crippen LogP contribution in [-0.4, -0.2) is 60.2 Å². The average Bonchev–Trinajstić information content (AvgIpc) is 3.50. The molecule has 1 aromatic carbocycles. The first kappa shape index (κ1) is 27.6. The summed E-state index contributed by atoms with van der Waals surface area (Å²) in [4.78, 5) is 26.2. The highest BCUT2D eigenvalue weighted by atomic mass is 35.5. The Hall–Kier alpha value is -3.61. The van der Waals surface area contributed by atoms with Crippen LogP contribution in [-0.2, 0) is 15.7 Å². The number of aromatic nitrogens is 2. The van der Waals surface area contributed by atoms with E-state index in [4.69, 9.17) is 25.8 Å². The molecule has 0 radical (unpaired) electrons. The Kier molecular flexibility index (Phi) is 6.95. The van der Waals surface area contributed by atoms with Crippen LogP contribution < -0.4 is 19.9 Å². The zero-order valence-corrected chi connectivity index (χ0v) is 23.0. The van der Waals surface area contributed by atoms with E-state index in [1.54, 1.807) is 23.1 Å². The molecule has 5 heterocycles. The van der Waals surface area contributed by atoms with Gasteiger partial charge in [0.1, 0.15) is 12.7 Å². The molecule has 2 amide bonds. The first-order chi connectivity index (χ1) is 19.5. The maximum atomic E-state index is 13.7. The van der Waals surface area contributed by atoms with Crippen molar-refractivity contribution in [3.05, 3.63) is 59.2 Å². The highest BCUT2D eigenvalue weighted by Crippen LogP contribution is 2.44. The van der Waals surface area contributed by atoms with Gasteiger partial charge in [0.15, 0.2) is 11.6 Å². The predicted molar refractivity (Wildman–Crippen MR) is 146 cm³/mol. The molecule has 3 aliphatic rings. The summed E-state index contributed by atoms with van der Waals surface area (Å²) in [5.41, 5.74) is 0.665. The van der Waals surface area contributed by atoms with Crippen molar-refractivity contribution in [3.8, 4) is 17.1 Å². The largest absolute Gasteiger partial charge is 0.475 e. The maximum Gasteiger partial charge on any atom is 0.416 e. The Morgan fingerprint density at radius 1 is 1.24 bits per heavy atom. The van der Waals surface area contributed by atoms with Crippen molar-refractivity contribution in [3.63, 3.8) is 0 Å². The second-order valence-corrected chi connectivity index (χ2v) is 11.0. The van der Waals surface area contributed by atoms with E-state index in [1.807, 2.05) is 13.8 Å². The van der Waals surface area contributed by atoms with E-state index in [0.717, 1.165) is 12.1 Å². The number of hydrogen-bond donors (Lipinski definition) is 1. The summed E-state index contributed by atoms with van der Waals surface area (Å²) < 4.78 is 57.2. The van der Waals surface area contributed by atoms with Crippen LogP contribution in [0.1, 0.15) is 25.8 Å². The van der Waals surface area contributed by atoms with Crippen molar-refractivity contribution >= 4 is 34.8 Å². The molecule has 216 valence electrons. The van der Waals surface area contributed by atoms with Gasteiger partial charge in [-0.25, -0.2) is 14.8 Å². The predicted octanol–water partition coefficient (Wildman–Crippen LogP) is 5.98. The molecular weight excluding hydrogens is 563 g/mol. The van der Waals surface area contributed by atoms with Crippen molar-refractivity contribution in [2.45, 2.75) is 44.4 Å². The van der Waals surface area contributed by atoms with Gasteiger partial charge >= 0.3 is 12.2 Å². The van der Waals surface area contributed by atoms with Gasteiger partial charge in [-0.05, 0) is 44.5 Å². The molecule has 2 fully saturated rings. The van der Waals surface area contributed by atoms with Gasteiger partial charge in [0.2, 0.25) is 5.88 Å². The van der Waals surface area contributed by atoms with E-state index in [1.165, 1.54) is 18.3 Å². The minimum atomic E-state index is -4.52. The fraction of sp³-hybridized carbons (Fsp3) is 0.393. The average molecular weight is 590 g/mol. The van der Waals surface area contributed by atoms with E-state index in [-0.39, 0.29) is 35.0 Å². The van der Waals surface area contributed by atoms with E-state index in [0.29, 0.717) is 49.2 Å². The number of urea groups is 1. The highest BCUT2D eigenvalue weighted by molar-refractivity contribution is 6.33.